The lowest BCUT2D eigenvalue weighted by atomic mass is 9.91. The Balaban J connectivity index is 1.76. The molecule has 3 rings (SSSR count). The van der Waals surface area contributed by atoms with Crippen LogP contribution in [0.2, 0.25) is 0 Å². The van der Waals surface area contributed by atoms with Gasteiger partial charge < -0.3 is 9.80 Å². The highest BCUT2D eigenvalue weighted by molar-refractivity contribution is 5.82. The lowest BCUT2D eigenvalue weighted by Crippen LogP contribution is -2.37. The minimum Gasteiger partial charge on any atom is -0.341 e. The summed E-state index contributed by atoms with van der Waals surface area (Å²) in [6.07, 6.45) is 5.36. The summed E-state index contributed by atoms with van der Waals surface area (Å²) < 4.78 is 0. The summed E-state index contributed by atoms with van der Waals surface area (Å²) in [4.78, 5) is 9.64. The molecular weight excluding hydrogens is 234 g/mol. The molecule has 0 spiro atoms. The van der Waals surface area contributed by atoms with E-state index in [0.29, 0.717) is 12.1 Å². The quantitative estimate of drug-likeness (QED) is 0.811. The van der Waals surface area contributed by atoms with Crippen LogP contribution in [0, 0.1) is 0 Å². The van der Waals surface area contributed by atoms with Gasteiger partial charge in [0.05, 0.1) is 18.6 Å². The maximum Gasteiger partial charge on any atom is 0.197 e. The highest BCUT2D eigenvalue weighted by atomic mass is 15.4. The van der Waals surface area contributed by atoms with Crippen LogP contribution in [0.4, 0.5) is 0 Å². The SMILES string of the molecule is CN1C(=NCc2ccccc2)N(C)[C@@H]2CCCC[C@H]21. The van der Waals surface area contributed by atoms with Crippen molar-refractivity contribution in [3.8, 4) is 0 Å². The van der Waals surface area contributed by atoms with E-state index in [1.54, 1.807) is 0 Å². The molecule has 0 unspecified atom stereocenters. The van der Waals surface area contributed by atoms with Gasteiger partial charge in [0, 0.05) is 14.1 Å². The molecule has 19 heavy (non-hydrogen) atoms. The maximum atomic E-state index is 4.85. The summed E-state index contributed by atoms with van der Waals surface area (Å²) >= 11 is 0. The highest BCUT2D eigenvalue weighted by Crippen LogP contribution is 2.32. The second-order valence-electron chi connectivity index (χ2n) is 5.74. The summed E-state index contributed by atoms with van der Waals surface area (Å²) in [5.41, 5.74) is 1.28. The van der Waals surface area contributed by atoms with Gasteiger partial charge in [-0.2, -0.15) is 0 Å². The minimum atomic E-state index is 0.674. The summed E-state index contributed by atoms with van der Waals surface area (Å²) in [5.74, 6) is 1.17. The smallest absolute Gasteiger partial charge is 0.197 e. The van der Waals surface area contributed by atoms with E-state index in [4.69, 9.17) is 4.99 Å². The zero-order valence-electron chi connectivity index (χ0n) is 11.9. The van der Waals surface area contributed by atoms with E-state index in [2.05, 4.69) is 54.2 Å². The number of likely N-dealkylation sites (N-methyl/N-ethyl adjacent to an activating group) is 2. The van der Waals surface area contributed by atoms with Crippen molar-refractivity contribution >= 4 is 5.96 Å². The monoisotopic (exact) mass is 257 g/mol. The van der Waals surface area contributed by atoms with Crippen molar-refractivity contribution in [2.45, 2.75) is 44.3 Å². The molecule has 3 heteroatoms. The van der Waals surface area contributed by atoms with Crippen LogP contribution in [0.1, 0.15) is 31.2 Å². The van der Waals surface area contributed by atoms with Crippen molar-refractivity contribution in [2.75, 3.05) is 14.1 Å². The molecule has 1 heterocycles. The van der Waals surface area contributed by atoms with Crippen LogP contribution in [0.5, 0.6) is 0 Å². The van der Waals surface area contributed by atoms with E-state index in [1.165, 1.54) is 37.2 Å². The molecule has 2 atom stereocenters. The third kappa shape index (κ3) is 2.34. The zero-order chi connectivity index (χ0) is 13.2. The molecule has 1 aromatic carbocycles. The predicted octanol–water partition coefficient (Wildman–Crippen LogP) is 2.73. The van der Waals surface area contributed by atoms with Crippen molar-refractivity contribution in [1.82, 2.24) is 9.80 Å². The Morgan fingerprint density at radius 3 is 2.16 bits per heavy atom. The van der Waals surface area contributed by atoms with Gasteiger partial charge in [-0.25, -0.2) is 4.99 Å². The first-order valence-corrected chi connectivity index (χ1v) is 7.31. The van der Waals surface area contributed by atoms with Crippen LogP contribution in [0.3, 0.4) is 0 Å². The average molecular weight is 257 g/mol. The van der Waals surface area contributed by atoms with Gasteiger partial charge in [-0.3, -0.25) is 0 Å². The molecule has 1 saturated heterocycles. The largest absolute Gasteiger partial charge is 0.341 e. The molecular formula is C16H23N3. The third-order valence-corrected chi connectivity index (χ3v) is 4.57. The Kier molecular flexibility index (Phi) is 3.45. The molecule has 0 radical (unpaired) electrons. The average Bonchev–Trinajstić information content (AvgIpc) is 2.71. The predicted molar refractivity (Wildman–Crippen MR) is 79.2 cm³/mol. The summed E-state index contributed by atoms with van der Waals surface area (Å²) in [6, 6.07) is 11.9. The number of fused-ring (bicyclic) bond motifs is 1. The van der Waals surface area contributed by atoms with Gasteiger partial charge >= 0.3 is 0 Å². The molecule has 102 valence electrons. The van der Waals surface area contributed by atoms with Crippen LogP contribution in [0.15, 0.2) is 35.3 Å². The molecule has 0 bridgehead atoms. The fraction of sp³-hybridized carbons (Fsp3) is 0.562. The number of rotatable bonds is 2. The number of hydrogen-bond acceptors (Lipinski definition) is 1. The second-order valence-corrected chi connectivity index (χ2v) is 5.74. The first kappa shape index (κ1) is 12.5. The molecule has 1 aromatic rings. The molecule has 3 nitrogen and oxygen atoms in total. The Hall–Kier alpha value is -1.51. The number of nitrogens with zero attached hydrogens (tertiary/aromatic N) is 3. The first-order chi connectivity index (χ1) is 9.27. The van der Waals surface area contributed by atoms with Crippen molar-refractivity contribution < 1.29 is 0 Å². The van der Waals surface area contributed by atoms with E-state index in [0.717, 1.165) is 6.54 Å². The number of guanidine groups is 1. The molecule has 0 N–H and O–H groups in total. The number of aliphatic imine (C=N–C) groups is 1. The molecule has 2 fully saturated rings. The maximum absolute atomic E-state index is 4.85. The van der Waals surface area contributed by atoms with E-state index in [1.807, 2.05) is 0 Å². The Morgan fingerprint density at radius 1 is 1.00 bits per heavy atom. The zero-order valence-corrected chi connectivity index (χ0v) is 11.9. The van der Waals surface area contributed by atoms with E-state index in [-0.39, 0.29) is 0 Å². The van der Waals surface area contributed by atoms with Crippen molar-refractivity contribution in [3.63, 3.8) is 0 Å². The second kappa shape index (κ2) is 5.24. The van der Waals surface area contributed by atoms with Gasteiger partial charge in [-0.15, -0.1) is 0 Å². The van der Waals surface area contributed by atoms with Crippen molar-refractivity contribution in [2.24, 2.45) is 4.99 Å². The molecule has 0 amide bonds. The summed E-state index contributed by atoms with van der Waals surface area (Å²) in [6.45, 7) is 0.782. The van der Waals surface area contributed by atoms with Gasteiger partial charge in [0.2, 0.25) is 0 Å². The van der Waals surface area contributed by atoms with Gasteiger partial charge in [0.15, 0.2) is 5.96 Å². The normalized spacial score (nSPS) is 26.5. The van der Waals surface area contributed by atoms with E-state index >= 15 is 0 Å². The van der Waals surface area contributed by atoms with Gasteiger partial charge in [0.1, 0.15) is 0 Å². The minimum absolute atomic E-state index is 0.674. The summed E-state index contributed by atoms with van der Waals surface area (Å²) in [7, 11) is 4.41. The first-order valence-electron chi connectivity index (χ1n) is 7.31. The Labute approximate surface area is 115 Å². The number of benzene rings is 1. The number of hydrogen-bond donors (Lipinski definition) is 0. The molecule has 1 aliphatic heterocycles. The van der Waals surface area contributed by atoms with Gasteiger partial charge in [-0.1, -0.05) is 43.2 Å². The third-order valence-electron chi connectivity index (χ3n) is 4.57. The van der Waals surface area contributed by atoms with Crippen LogP contribution in [0.25, 0.3) is 0 Å². The molecule has 1 aliphatic carbocycles. The van der Waals surface area contributed by atoms with Crippen LogP contribution in [-0.2, 0) is 6.54 Å². The van der Waals surface area contributed by atoms with E-state index in [9.17, 15) is 0 Å². The Bertz CT molecular complexity index is 434. The van der Waals surface area contributed by atoms with Crippen LogP contribution >= 0.6 is 0 Å². The highest BCUT2D eigenvalue weighted by Gasteiger charge is 2.41. The van der Waals surface area contributed by atoms with E-state index < -0.39 is 0 Å². The lowest BCUT2D eigenvalue weighted by Gasteiger charge is -2.29. The van der Waals surface area contributed by atoms with Crippen LogP contribution in [-0.4, -0.2) is 41.9 Å². The Morgan fingerprint density at radius 2 is 1.58 bits per heavy atom. The molecule has 2 aliphatic rings. The standard InChI is InChI=1S/C16H23N3/c1-18-14-10-6-7-11-15(14)19(2)16(18)17-12-13-8-4-3-5-9-13/h3-5,8-9,14-15H,6-7,10-12H2,1-2H3/t14-,15-/m1/s1. The van der Waals surface area contributed by atoms with Crippen molar-refractivity contribution in [1.29, 1.82) is 0 Å². The fourth-order valence-corrected chi connectivity index (χ4v) is 3.51. The topological polar surface area (TPSA) is 18.8 Å². The van der Waals surface area contributed by atoms with Gasteiger partial charge in [0.25, 0.3) is 0 Å². The van der Waals surface area contributed by atoms with Crippen LogP contribution < -0.4 is 0 Å². The fourth-order valence-electron chi connectivity index (χ4n) is 3.51. The molecule has 0 aromatic heterocycles. The lowest BCUT2D eigenvalue weighted by molar-refractivity contribution is 0.233. The summed E-state index contributed by atoms with van der Waals surface area (Å²) in [5, 5.41) is 0. The molecule has 1 saturated carbocycles. The van der Waals surface area contributed by atoms with Crippen molar-refractivity contribution in [3.05, 3.63) is 35.9 Å². The van der Waals surface area contributed by atoms with Gasteiger partial charge in [-0.05, 0) is 18.4 Å².